The highest BCUT2D eigenvalue weighted by molar-refractivity contribution is 5.77. The first kappa shape index (κ1) is 19.4. The molecule has 2 N–H and O–H groups in total. The number of likely N-dealkylation sites (tertiary alicyclic amines) is 1. The van der Waals surface area contributed by atoms with Gasteiger partial charge >= 0.3 is 6.03 Å². The fourth-order valence-electron chi connectivity index (χ4n) is 3.64. The number of H-pyrrole nitrogens is 1. The van der Waals surface area contributed by atoms with E-state index in [1.807, 2.05) is 25.1 Å². The second-order valence-electron chi connectivity index (χ2n) is 7.32. The minimum atomic E-state index is -0.175. The van der Waals surface area contributed by atoms with Crippen LogP contribution >= 0.6 is 0 Å². The van der Waals surface area contributed by atoms with E-state index in [-0.39, 0.29) is 18.1 Å². The average molecular weight is 371 g/mol. The molecular weight excluding hydrogens is 342 g/mol. The lowest BCUT2D eigenvalue weighted by atomic mass is 10.0. The summed E-state index contributed by atoms with van der Waals surface area (Å²) in [5, 5.41) is 3.55. The number of nitrogens with one attached hydrogen (secondary N) is 2. The zero-order valence-electron chi connectivity index (χ0n) is 16.2. The minimum Gasteiger partial charge on any atom is -0.337 e. The molecule has 2 amide bonds. The van der Waals surface area contributed by atoms with Crippen molar-refractivity contribution < 1.29 is 4.79 Å². The van der Waals surface area contributed by atoms with Gasteiger partial charge in [0.15, 0.2) is 0 Å². The SMILES string of the molecule is CCN(Cc1nc2ccccc2c(=O)[nH]1)C(=O)NCCN1CCCC(C)C1. The Morgan fingerprint density at radius 3 is 3.00 bits per heavy atom. The molecule has 2 heterocycles. The van der Waals surface area contributed by atoms with Gasteiger partial charge in [-0.15, -0.1) is 0 Å². The van der Waals surface area contributed by atoms with E-state index in [0.29, 0.717) is 29.8 Å². The molecule has 2 aromatic rings. The van der Waals surface area contributed by atoms with E-state index in [1.165, 1.54) is 12.8 Å². The van der Waals surface area contributed by atoms with Crippen molar-refractivity contribution in [2.24, 2.45) is 5.92 Å². The molecule has 27 heavy (non-hydrogen) atoms. The number of rotatable bonds is 6. The third-order valence-electron chi connectivity index (χ3n) is 5.12. The summed E-state index contributed by atoms with van der Waals surface area (Å²) in [6, 6.07) is 7.09. The van der Waals surface area contributed by atoms with Crippen LogP contribution in [0.4, 0.5) is 4.79 Å². The lowest BCUT2D eigenvalue weighted by Crippen LogP contribution is -2.44. The largest absolute Gasteiger partial charge is 0.337 e. The van der Waals surface area contributed by atoms with Crippen LogP contribution in [0.5, 0.6) is 0 Å². The Bertz CT molecular complexity index is 834. The maximum absolute atomic E-state index is 12.5. The standard InChI is InChI=1S/C20H29N5O2/c1-3-25(20(27)21-10-12-24-11-6-7-15(2)13-24)14-18-22-17-9-5-4-8-16(17)19(26)23-18/h4-5,8-9,15H,3,6-7,10-14H2,1-2H3,(H,21,27)(H,22,23,26). The molecule has 0 bridgehead atoms. The molecule has 0 spiro atoms. The topological polar surface area (TPSA) is 81.3 Å². The summed E-state index contributed by atoms with van der Waals surface area (Å²) in [6.45, 7) is 8.75. The van der Waals surface area contributed by atoms with Crippen LogP contribution in [0.3, 0.4) is 0 Å². The number of nitrogens with zero attached hydrogens (tertiary/aromatic N) is 3. The van der Waals surface area contributed by atoms with Crippen molar-refractivity contribution in [3.05, 3.63) is 40.4 Å². The third kappa shape index (κ3) is 5.07. The summed E-state index contributed by atoms with van der Waals surface area (Å²) in [4.78, 5) is 36.0. The second-order valence-corrected chi connectivity index (χ2v) is 7.32. The summed E-state index contributed by atoms with van der Waals surface area (Å²) in [5.74, 6) is 1.23. The van der Waals surface area contributed by atoms with Gasteiger partial charge < -0.3 is 20.1 Å². The van der Waals surface area contributed by atoms with Gasteiger partial charge in [-0.05, 0) is 44.4 Å². The summed E-state index contributed by atoms with van der Waals surface area (Å²) in [7, 11) is 0. The number of aromatic amines is 1. The fraction of sp³-hybridized carbons (Fsp3) is 0.550. The molecular formula is C20H29N5O2. The van der Waals surface area contributed by atoms with Gasteiger partial charge in [0, 0.05) is 26.2 Å². The van der Waals surface area contributed by atoms with Crippen LogP contribution in [0.15, 0.2) is 29.1 Å². The number of fused-ring (bicyclic) bond motifs is 1. The van der Waals surface area contributed by atoms with Crippen LogP contribution in [-0.4, -0.2) is 58.5 Å². The zero-order valence-corrected chi connectivity index (χ0v) is 16.2. The van der Waals surface area contributed by atoms with Crippen molar-refractivity contribution in [1.29, 1.82) is 0 Å². The molecule has 1 atom stereocenters. The molecule has 1 unspecified atom stereocenters. The van der Waals surface area contributed by atoms with Gasteiger partial charge in [-0.1, -0.05) is 19.1 Å². The van der Waals surface area contributed by atoms with Crippen molar-refractivity contribution in [3.8, 4) is 0 Å². The van der Waals surface area contributed by atoms with Crippen LogP contribution in [0.1, 0.15) is 32.5 Å². The highest BCUT2D eigenvalue weighted by Crippen LogP contribution is 2.14. The quantitative estimate of drug-likeness (QED) is 0.816. The van der Waals surface area contributed by atoms with Crippen LogP contribution in [0.25, 0.3) is 10.9 Å². The Hall–Kier alpha value is -2.41. The Morgan fingerprint density at radius 2 is 2.22 bits per heavy atom. The van der Waals surface area contributed by atoms with Crippen molar-refractivity contribution in [1.82, 2.24) is 25.1 Å². The molecule has 7 nitrogen and oxygen atoms in total. The molecule has 1 aliphatic rings. The molecule has 7 heteroatoms. The zero-order chi connectivity index (χ0) is 19.2. The molecule has 3 rings (SSSR count). The van der Waals surface area contributed by atoms with E-state index < -0.39 is 0 Å². The first-order chi connectivity index (χ1) is 13.1. The second kappa shape index (κ2) is 8.99. The number of hydrogen-bond donors (Lipinski definition) is 2. The summed E-state index contributed by atoms with van der Waals surface area (Å²) < 4.78 is 0. The molecule has 0 saturated carbocycles. The predicted octanol–water partition coefficient (Wildman–Crippen LogP) is 2.19. The van der Waals surface area contributed by atoms with E-state index in [2.05, 4.69) is 27.1 Å². The number of amides is 2. The Kier molecular flexibility index (Phi) is 6.45. The van der Waals surface area contributed by atoms with Gasteiger partial charge in [0.05, 0.1) is 17.4 Å². The van der Waals surface area contributed by atoms with E-state index >= 15 is 0 Å². The van der Waals surface area contributed by atoms with E-state index in [1.54, 1.807) is 11.0 Å². The van der Waals surface area contributed by atoms with Crippen LogP contribution < -0.4 is 10.9 Å². The normalized spacial score (nSPS) is 17.8. The lowest BCUT2D eigenvalue weighted by Gasteiger charge is -2.31. The van der Waals surface area contributed by atoms with Gasteiger partial charge in [0.1, 0.15) is 5.82 Å². The summed E-state index contributed by atoms with van der Waals surface area (Å²) in [6.07, 6.45) is 2.53. The molecule has 1 aromatic carbocycles. The van der Waals surface area contributed by atoms with Crippen LogP contribution in [0, 0.1) is 5.92 Å². The number of urea groups is 1. The third-order valence-corrected chi connectivity index (χ3v) is 5.12. The summed E-state index contributed by atoms with van der Waals surface area (Å²) in [5.41, 5.74) is 0.471. The number of carbonyl (C=O) groups excluding carboxylic acids is 1. The Balaban J connectivity index is 1.56. The molecule has 1 aromatic heterocycles. The lowest BCUT2D eigenvalue weighted by molar-refractivity contribution is 0.175. The number of para-hydroxylation sites is 1. The molecule has 0 radical (unpaired) electrons. The minimum absolute atomic E-state index is 0.127. The van der Waals surface area contributed by atoms with Gasteiger partial charge in [0.25, 0.3) is 5.56 Å². The van der Waals surface area contributed by atoms with Crippen molar-refractivity contribution in [3.63, 3.8) is 0 Å². The smallest absolute Gasteiger partial charge is 0.317 e. The highest BCUT2D eigenvalue weighted by atomic mass is 16.2. The maximum atomic E-state index is 12.5. The van der Waals surface area contributed by atoms with Gasteiger partial charge in [-0.2, -0.15) is 0 Å². The van der Waals surface area contributed by atoms with Crippen molar-refractivity contribution in [2.75, 3.05) is 32.7 Å². The van der Waals surface area contributed by atoms with E-state index in [0.717, 1.165) is 25.6 Å². The number of piperidine rings is 1. The van der Waals surface area contributed by atoms with E-state index in [9.17, 15) is 9.59 Å². The number of hydrogen-bond acceptors (Lipinski definition) is 4. The summed E-state index contributed by atoms with van der Waals surface area (Å²) >= 11 is 0. The Labute approximate surface area is 159 Å². The molecule has 1 saturated heterocycles. The number of carbonyl (C=O) groups is 1. The first-order valence-corrected chi connectivity index (χ1v) is 9.80. The highest BCUT2D eigenvalue weighted by Gasteiger charge is 2.17. The number of benzene rings is 1. The predicted molar refractivity (Wildman–Crippen MR) is 107 cm³/mol. The first-order valence-electron chi connectivity index (χ1n) is 9.80. The van der Waals surface area contributed by atoms with E-state index in [4.69, 9.17) is 0 Å². The molecule has 1 fully saturated rings. The van der Waals surface area contributed by atoms with Crippen molar-refractivity contribution >= 4 is 16.9 Å². The van der Waals surface area contributed by atoms with Crippen LogP contribution in [-0.2, 0) is 6.54 Å². The molecule has 146 valence electrons. The van der Waals surface area contributed by atoms with Gasteiger partial charge in [0.2, 0.25) is 0 Å². The monoisotopic (exact) mass is 371 g/mol. The molecule has 0 aliphatic carbocycles. The number of aromatic nitrogens is 2. The van der Waals surface area contributed by atoms with Gasteiger partial charge in [-0.3, -0.25) is 4.79 Å². The Morgan fingerprint density at radius 1 is 1.41 bits per heavy atom. The maximum Gasteiger partial charge on any atom is 0.317 e. The van der Waals surface area contributed by atoms with Gasteiger partial charge in [-0.25, -0.2) is 9.78 Å². The fourth-order valence-corrected chi connectivity index (χ4v) is 3.64. The van der Waals surface area contributed by atoms with Crippen molar-refractivity contribution in [2.45, 2.75) is 33.2 Å². The van der Waals surface area contributed by atoms with Crippen LogP contribution in [0.2, 0.25) is 0 Å². The average Bonchev–Trinajstić information content (AvgIpc) is 2.66. The molecule has 1 aliphatic heterocycles.